The molecule has 0 saturated carbocycles. The van der Waals surface area contributed by atoms with Crippen molar-refractivity contribution >= 4 is 5.91 Å². The van der Waals surface area contributed by atoms with Crippen LogP contribution in [0, 0.1) is 5.92 Å². The van der Waals surface area contributed by atoms with Gasteiger partial charge in [-0.05, 0) is 23.6 Å². The van der Waals surface area contributed by atoms with Gasteiger partial charge in [0.1, 0.15) is 0 Å². The molecular weight excluding hydrogens is 278 g/mol. The van der Waals surface area contributed by atoms with Crippen LogP contribution in [0.25, 0.3) is 0 Å². The van der Waals surface area contributed by atoms with E-state index in [4.69, 9.17) is 4.74 Å². The molecule has 0 atom stereocenters. The third-order valence-electron chi connectivity index (χ3n) is 3.99. The maximum atomic E-state index is 12.0. The van der Waals surface area contributed by atoms with Gasteiger partial charge in [-0.25, -0.2) is 0 Å². The molecule has 1 amide bonds. The molecule has 5 nitrogen and oxygen atoms in total. The molecule has 0 aromatic carbocycles. The highest BCUT2D eigenvalue weighted by Crippen LogP contribution is 2.20. The minimum atomic E-state index is 0.200. The zero-order valence-corrected chi connectivity index (χ0v) is 13.9. The van der Waals surface area contributed by atoms with Crippen molar-refractivity contribution in [3.8, 4) is 0 Å². The third-order valence-corrected chi connectivity index (χ3v) is 3.99. The summed E-state index contributed by atoms with van der Waals surface area (Å²) in [5.41, 5.74) is 1.28. The molecule has 22 heavy (non-hydrogen) atoms. The molecule has 2 heterocycles. The summed E-state index contributed by atoms with van der Waals surface area (Å²) >= 11 is 0. The Hall–Kier alpha value is -1.46. The van der Waals surface area contributed by atoms with Gasteiger partial charge in [-0.2, -0.15) is 0 Å². The number of amides is 1. The highest BCUT2D eigenvalue weighted by Gasteiger charge is 2.34. The minimum Gasteiger partial charge on any atom is -0.384 e. The van der Waals surface area contributed by atoms with Gasteiger partial charge in [0.15, 0.2) is 0 Å². The van der Waals surface area contributed by atoms with E-state index in [0.717, 1.165) is 26.2 Å². The van der Waals surface area contributed by atoms with E-state index < -0.39 is 0 Å². The van der Waals surface area contributed by atoms with Crippen molar-refractivity contribution in [2.75, 3.05) is 33.4 Å². The molecule has 1 aromatic rings. The fourth-order valence-corrected chi connectivity index (χ4v) is 2.77. The fourth-order valence-electron chi connectivity index (χ4n) is 2.77. The second-order valence-corrected chi connectivity index (χ2v) is 6.37. The first-order valence-corrected chi connectivity index (χ1v) is 7.99. The summed E-state index contributed by atoms with van der Waals surface area (Å²) in [4.78, 5) is 20.4. The van der Waals surface area contributed by atoms with E-state index in [2.05, 4.69) is 35.9 Å². The Kier molecular flexibility index (Phi) is 6.34. The molecule has 122 valence electrons. The van der Waals surface area contributed by atoms with Crippen molar-refractivity contribution in [3.05, 3.63) is 30.1 Å². The lowest BCUT2D eigenvalue weighted by atomic mass is 10.0. The molecule has 0 bridgehead atoms. The summed E-state index contributed by atoms with van der Waals surface area (Å²) in [7, 11) is 1.63. The van der Waals surface area contributed by atoms with Gasteiger partial charge < -0.3 is 9.64 Å². The normalized spacial score (nSPS) is 15.4. The Labute approximate surface area is 133 Å². The van der Waals surface area contributed by atoms with Crippen LogP contribution in [0.4, 0.5) is 0 Å². The topological polar surface area (TPSA) is 45.7 Å². The van der Waals surface area contributed by atoms with Crippen LogP contribution in [0.1, 0.15) is 25.8 Å². The zero-order chi connectivity index (χ0) is 15.9. The van der Waals surface area contributed by atoms with Crippen molar-refractivity contribution in [1.82, 2.24) is 14.8 Å². The average molecular weight is 305 g/mol. The molecular formula is C17H27N3O2. The molecule has 0 N–H and O–H groups in total. The van der Waals surface area contributed by atoms with Crippen LogP contribution in [0.3, 0.4) is 0 Å². The number of methoxy groups -OCH3 is 1. The van der Waals surface area contributed by atoms with Gasteiger partial charge in [-0.15, -0.1) is 0 Å². The fraction of sp³-hybridized carbons (Fsp3) is 0.647. The Morgan fingerprint density at radius 1 is 1.41 bits per heavy atom. The maximum Gasteiger partial charge on any atom is 0.224 e. The molecule has 0 radical (unpaired) electrons. The van der Waals surface area contributed by atoms with Gasteiger partial charge >= 0.3 is 0 Å². The minimum absolute atomic E-state index is 0.200. The number of pyridine rings is 1. The van der Waals surface area contributed by atoms with Crippen LogP contribution in [-0.4, -0.2) is 60.1 Å². The van der Waals surface area contributed by atoms with Gasteiger partial charge in [0.2, 0.25) is 5.91 Å². The maximum absolute atomic E-state index is 12.0. The predicted octanol–water partition coefficient (Wildman–Crippen LogP) is 1.79. The summed E-state index contributed by atoms with van der Waals surface area (Å²) in [6, 6.07) is 4.59. The summed E-state index contributed by atoms with van der Waals surface area (Å²) < 4.78 is 4.97. The lowest BCUT2D eigenvalue weighted by molar-refractivity contribution is -0.140. The number of nitrogens with zero attached hydrogens (tertiary/aromatic N) is 3. The molecule has 1 aromatic heterocycles. The van der Waals surface area contributed by atoms with E-state index in [1.54, 1.807) is 7.11 Å². The van der Waals surface area contributed by atoms with Gasteiger partial charge in [-0.1, -0.05) is 13.8 Å². The van der Waals surface area contributed by atoms with Gasteiger partial charge in [0.25, 0.3) is 0 Å². The number of carbonyl (C=O) groups excluding carboxylic acids is 1. The zero-order valence-electron chi connectivity index (χ0n) is 13.9. The number of rotatable bonds is 8. The van der Waals surface area contributed by atoms with Crippen LogP contribution in [0.15, 0.2) is 24.5 Å². The molecule has 2 rings (SSSR count). The van der Waals surface area contributed by atoms with Crippen molar-refractivity contribution in [3.63, 3.8) is 0 Å². The lowest BCUT2D eigenvalue weighted by Gasteiger charge is -2.46. The number of ether oxygens (including phenoxy) is 1. The van der Waals surface area contributed by atoms with Gasteiger partial charge in [-0.3, -0.25) is 14.7 Å². The van der Waals surface area contributed by atoms with E-state index in [-0.39, 0.29) is 5.91 Å². The third kappa shape index (κ3) is 4.78. The molecule has 1 fully saturated rings. The Morgan fingerprint density at radius 2 is 2.09 bits per heavy atom. The number of carbonyl (C=O) groups is 1. The summed E-state index contributed by atoms with van der Waals surface area (Å²) in [5.74, 6) is 0.812. The molecule has 0 unspecified atom stereocenters. The van der Waals surface area contributed by atoms with E-state index in [9.17, 15) is 4.79 Å². The smallest absolute Gasteiger partial charge is 0.224 e. The van der Waals surface area contributed by atoms with Crippen LogP contribution in [0.2, 0.25) is 0 Å². The van der Waals surface area contributed by atoms with E-state index >= 15 is 0 Å². The molecule has 0 aliphatic carbocycles. The highest BCUT2D eigenvalue weighted by molar-refractivity contribution is 5.77. The summed E-state index contributed by atoms with van der Waals surface area (Å²) in [6.45, 7) is 8.62. The molecule has 1 saturated heterocycles. The van der Waals surface area contributed by atoms with Crippen LogP contribution < -0.4 is 0 Å². The van der Waals surface area contributed by atoms with Crippen LogP contribution >= 0.6 is 0 Å². The number of likely N-dealkylation sites (tertiary alicyclic amines) is 1. The van der Waals surface area contributed by atoms with Gasteiger partial charge in [0.05, 0.1) is 13.0 Å². The van der Waals surface area contributed by atoms with Gasteiger partial charge in [0, 0.05) is 51.7 Å². The molecule has 1 aliphatic rings. The van der Waals surface area contributed by atoms with Crippen molar-refractivity contribution in [1.29, 1.82) is 0 Å². The summed E-state index contributed by atoms with van der Waals surface area (Å²) in [6.07, 6.45) is 4.16. The predicted molar refractivity (Wildman–Crippen MR) is 86.3 cm³/mol. The van der Waals surface area contributed by atoms with E-state index in [0.29, 0.717) is 25.0 Å². The summed E-state index contributed by atoms with van der Waals surface area (Å²) in [5, 5.41) is 0. The Morgan fingerprint density at radius 3 is 2.68 bits per heavy atom. The van der Waals surface area contributed by atoms with E-state index in [1.165, 1.54) is 5.56 Å². The standard InChI is InChI=1S/C17H27N3O2/c1-14(2)10-19(11-15-4-7-18-8-5-15)16-12-20(13-16)17(21)6-9-22-3/h4-5,7-8,14,16H,6,9-13H2,1-3H3. The SMILES string of the molecule is COCCC(=O)N1CC(N(Cc2ccncc2)CC(C)C)C1. The first-order chi connectivity index (χ1) is 10.6. The monoisotopic (exact) mass is 305 g/mol. The molecule has 0 spiro atoms. The molecule has 1 aliphatic heterocycles. The van der Waals surface area contributed by atoms with Crippen molar-refractivity contribution in [2.24, 2.45) is 5.92 Å². The Balaban J connectivity index is 1.87. The van der Waals surface area contributed by atoms with E-state index in [1.807, 2.05) is 17.3 Å². The first-order valence-electron chi connectivity index (χ1n) is 7.99. The Bertz CT molecular complexity index is 458. The van der Waals surface area contributed by atoms with Crippen molar-refractivity contribution < 1.29 is 9.53 Å². The average Bonchev–Trinajstić information content (AvgIpc) is 2.44. The molecule has 5 heteroatoms. The second-order valence-electron chi connectivity index (χ2n) is 6.37. The second kappa shape index (κ2) is 8.25. The number of aromatic nitrogens is 1. The highest BCUT2D eigenvalue weighted by atomic mass is 16.5. The van der Waals surface area contributed by atoms with Crippen LogP contribution in [-0.2, 0) is 16.1 Å². The largest absolute Gasteiger partial charge is 0.384 e. The number of hydrogen-bond acceptors (Lipinski definition) is 4. The lowest BCUT2D eigenvalue weighted by Crippen LogP contribution is -2.61. The first kappa shape index (κ1) is 16.9. The number of hydrogen-bond donors (Lipinski definition) is 0. The van der Waals surface area contributed by atoms with Crippen LogP contribution in [0.5, 0.6) is 0 Å². The quantitative estimate of drug-likeness (QED) is 0.734. The van der Waals surface area contributed by atoms with Crippen molar-refractivity contribution in [2.45, 2.75) is 32.9 Å².